The SMILES string of the molecule is CCC(C)(C)C(=O)Nc1ccc(SC(C)C(=O)O)cc1. The molecule has 1 atom stereocenters. The number of thioether (sulfide) groups is 1. The molecule has 0 aromatic heterocycles. The van der Waals surface area contributed by atoms with Crippen LogP contribution in [0.4, 0.5) is 5.69 Å². The fourth-order valence-corrected chi connectivity index (χ4v) is 2.13. The second kappa shape index (κ2) is 6.79. The highest BCUT2D eigenvalue weighted by atomic mass is 32.2. The monoisotopic (exact) mass is 295 g/mol. The van der Waals surface area contributed by atoms with Gasteiger partial charge in [-0.25, -0.2) is 0 Å². The van der Waals surface area contributed by atoms with Gasteiger partial charge in [0.25, 0.3) is 0 Å². The number of benzene rings is 1. The average Bonchev–Trinajstić information content (AvgIpc) is 2.40. The van der Waals surface area contributed by atoms with E-state index in [1.54, 1.807) is 19.1 Å². The maximum atomic E-state index is 12.0. The first-order chi connectivity index (χ1) is 9.26. The zero-order valence-electron chi connectivity index (χ0n) is 12.3. The van der Waals surface area contributed by atoms with E-state index in [1.165, 1.54) is 11.8 Å². The van der Waals surface area contributed by atoms with Crippen LogP contribution in [0.25, 0.3) is 0 Å². The highest BCUT2D eigenvalue weighted by Gasteiger charge is 2.25. The number of amides is 1. The molecule has 0 aliphatic heterocycles. The van der Waals surface area contributed by atoms with Gasteiger partial charge in [-0.1, -0.05) is 20.8 Å². The van der Waals surface area contributed by atoms with Crippen molar-refractivity contribution in [2.24, 2.45) is 5.41 Å². The van der Waals surface area contributed by atoms with E-state index in [2.05, 4.69) is 5.32 Å². The van der Waals surface area contributed by atoms with Crippen molar-refractivity contribution in [1.29, 1.82) is 0 Å². The number of hydrogen-bond donors (Lipinski definition) is 2. The summed E-state index contributed by atoms with van der Waals surface area (Å²) in [5.74, 6) is -0.851. The van der Waals surface area contributed by atoms with Crippen molar-refractivity contribution in [1.82, 2.24) is 0 Å². The molecule has 4 nitrogen and oxygen atoms in total. The largest absolute Gasteiger partial charge is 0.480 e. The number of anilines is 1. The first-order valence-electron chi connectivity index (χ1n) is 6.57. The molecule has 0 aliphatic carbocycles. The predicted octanol–water partition coefficient (Wildman–Crippen LogP) is 3.63. The maximum absolute atomic E-state index is 12.0. The van der Waals surface area contributed by atoms with Crippen LogP contribution in [0.3, 0.4) is 0 Å². The van der Waals surface area contributed by atoms with Gasteiger partial charge in [0.2, 0.25) is 5.91 Å². The van der Waals surface area contributed by atoms with Crippen molar-refractivity contribution in [2.75, 3.05) is 5.32 Å². The molecular formula is C15H21NO3S. The van der Waals surface area contributed by atoms with E-state index < -0.39 is 16.6 Å². The van der Waals surface area contributed by atoms with Gasteiger partial charge in [-0.3, -0.25) is 9.59 Å². The smallest absolute Gasteiger partial charge is 0.316 e. The Kier molecular flexibility index (Phi) is 5.62. The number of carbonyl (C=O) groups is 2. The van der Waals surface area contributed by atoms with E-state index in [0.29, 0.717) is 0 Å². The number of carboxylic acids is 1. The van der Waals surface area contributed by atoms with Crippen molar-refractivity contribution < 1.29 is 14.7 Å². The molecule has 0 heterocycles. The Bertz CT molecular complexity index is 482. The molecule has 0 spiro atoms. The van der Waals surface area contributed by atoms with E-state index in [-0.39, 0.29) is 5.91 Å². The van der Waals surface area contributed by atoms with Crippen LogP contribution in [-0.4, -0.2) is 22.2 Å². The Morgan fingerprint density at radius 2 is 1.85 bits per heavy atom. The van der Waals surface area contributed by atoms with Gasteiger partial charge in [0.1, 0.15) is 5.25 Å². The lowest BCUT2D eigenvalue weighted by atomic mass is 9.89. The summed E-state index contributed by atoms with van der Waals surface area (Å²) in [6.45, 7) is 7.43. The van der Waals surface area contributed by atoms with Crippen molar-refractivity contribution in [3.05, 3.63) is 24.3 Å². The summed E-state index contributed by atoms with van der Waals surface area (Å²) >= 11 is 1.28. The van der Waals surface area contributed by atoms with E-state index in [9.17, 15) is 9.59 Å². The number of nitrogens with one attached hydrogen (secondary N) is 1. The van der Waals surface area contributed by atoms with Gasteiger partial charge in [-0.15, -0.1) is 11.8 Å². The normalized spacial score (nSPS) is 12.8. The Morgan fingerprint density at radius 3 is 2.30 bits per heavy atom. The van der Waals surface area contributed by atoms with E-state index in [1.807, 2.05) is 32.9 Å². The fourth-order valence-electron chi connectivity index (χ4n) is 1.33. The second-order valence-corrected chi connectivity index (χ2v) is 6.73. The summed E-state index contributed by atoms with van der Waals surface area (Å²) < 4.78 is 0. The molecule has 0 aliphatic rings. The Morgan fingerprint density at radius 1 is 1.30 bits per heavy atom. The minimum absolute atomic E-state index is 0.0145. The predicted molar refractivity (Wildman–Crippen MR) is 82.1 cm³/mol. The van der Waals surface area contributed by atoms with Crippen molar-refractivity contribution >= 4 is 29.3 Å². The number of aliphatic carboxylic acids is 1. The fraction of sp³-hybridized carbons (Fsp3) is 0.467. The molecule has 0 bridgehead atoms. The Balaban J connectivity index is 2.68. The van der Waals surface area contributed by atoms with Crippen LogP contribution in [0.5, 0.6) is 0 Å². The van der Waals surface area contributed by atoms with Crippen molar-refractivity contribution in [3.8, 4) is 0 Å². The molecule has 0 radical (unpaired) electrons. The molecule has 20 heavy (non-hydrogen) atoms. The van der Waals surface area contributed by atoms with Crippen LogP contribution in [0.15, 0.2) is 29.2 Å². The van der Waals surface area contributed by atoms with Gasteiger partial charge in [-0.05, 0) is 37.6 Å². The minimum Gasteiger partial charge on any atom is -0.480 e. The third kappa shape index (κ3) is 4.56. The lowest BCUT2D eigenvalue weighted by molar-refractivity contribution is -0.136. The van der Waals surface area contributed by atoms with Crippen LogP contribution in [0, 0.1) is 5.41 Å². The van der Waals surface area contributed by atoms with Gasteiger partial charge in [0.15, 0.2) is 0 Å². The highest BCUT2D eigenvalue weighted by molar-refractivity contribution is 8.00. The zero-order chi connectivity index (χ0) is 15.3. The molecular weight excluding hydrogens is 274 g/mol. The third-order valence-electron chi connectivity index (χ3n) is 3.27. The summed E-state index contributed by atoms with van der Waals surface area (Å²) in [5.41, 5.74) is 0.328. The Hall–Kier alpha value is -1.49. The van der Waals surface area contributed by atoms with Crippen LogP contribution in [0.1, 0.15) is 34.1 Å². The third-order valence-corrected chi connectivity index (χ3v) is 4.37. The molecule has 1 aromatic rings. The van der Waals surface area contributed by atoms with E-state index in [4.69, 9.17) is 5.11 Å². The standard InChI is InChI=1S/C15H21NO3S/c1-5-15(3,4)14(19)16-11-6-8-12(9-7-11)20-10(2)13(17)18/h6-10H,5H2,1-4H3,(H,16,19)(H,17,18). The summed E-state index contributed by atoms with van der Waals surface area (Å²) in [6.07, 6.45) is 0.767. The highest BCUT2D eigenvalue weighted by Crippen LogP contribution is 2.26. The second-order valence-electron chi connectivity index (χ2n) is 5.31. The molecule has 1 amide bonds. The van der Waals surface area contributed by atoms with Crippen LogP contribution >= 0.6 is 11.8 Å². The van der Waals surface area contributed by atoms with Gasteiger partial charge in [0, 0.05) is 16.0 Å². The molecule has 0 saturated heterocycles. The van der Waals surface area contributed by atoms with Crippen LogP contribution in [-0.2, 0) is 9.59 Å². The number of carbonyl (C=O) groups excluding carboxylic acids is 1. The molecule has 2 N–H and O–H groups in total. The van der Waals surface area contributed by atoms with E-state index in [0.717, 1.165) is 17.0 Å². The summed E-state index contributed by atoms with van der Waals surface area (Å²) in [6, 6.07) is 7.22. The van der Waals surface area contributed by atoms with Gasteiger partial charge < -0.3 is 10.4 Å². The van der Waals surface area contributed by atoms with Crippen molar-refractivity contribution in [2.45, 2.75) is 44.3 Å². The number of rotatable bonds is 6. The molecule has 110 valence electrons. The summed E-state index contributed by atoms with van der Waals surface area (Å²) in [4.78, 5) is 23.7. The molecule has 5 heteroatoms. The van der Waals surface area contributed by atoms with Gasteiger partial charge in [0.05, 0.1) is 0 Å². The molecule has 0 saturated carbocycles. The lowest BCUT2D eigenvalue weighted by Crippen LogP contribution is -2.29. The summed E-state index contributed by atoms with van der Waals surface area (Å²) in [7, 11) is 0. The van der Waals surface area contributed by atoms with Gasteiger partial charge in [-0.2, -0.15) is 0 Å². The maximum Gasteiger partial charge on any atom is 0.316 e. The van der Waals surface area contributed by atoms with Crippen molar-refractivity contribution in [3.63, 3.8) is 0 Å². The van der Waals surface area contributed by atoms with Crippen LogP contribution in [0.2, 0.25) is 0 Å². The number of carboxylic acid groups (broad SMARTS) is 1. The minimum atomic E-state index is -0.836. The Labute approximate surface area is 124 Å². The first kappa shape index (κ1) is 16.6. The molecule has 0 fully saturated rings. The first-order valence-corrected chi connectivity index (χ1v) is 7.45. The molecule has 1 rings (SSSR count). The quantitative estimate of drug-likeness (QED) is 0.787. The average molecular weight is 295 g/mol. The topological polar surface area (TPSA) is 66.4 Å². The van der Waals surface area contributed by atoms with E-state index >= 15 is 0 Å². The number of hydrogen-bond acceptors (Lipinski definition) is 3. The molecule has 1 aromatic carbocycles. The summed E-state index contributed by atoms with van der Waals surface area (Å²) in [5, 5.41) is 11.2. The molecule has 1 unspecified atom stereocenters. The zero-order valence-corrected chi connectivity index (χ0v) is 13.1. The lowest BCUT2D eigenvalue weighted by Gasteiger charge is -2.21. The van der Waals surface area contributed by atoms with Gasteiger partial charge >= 0.3 is 5.97 Å². The van der Waals surface area contributed by atoms with Crippen LogP contribution < -0.4 is 5.32 Å².